The minimum Gasteiger partial charge on any atom is -0.496 e. The Labute approximate surface area is 450 Å². The standard InChI is InChI=1S/C59H71N9O7S/c1-40(61-2)57(69)65-56(42-11-6-5-7-12-42)59(70)68-24-10-15-51(68)58-64-49(39-76-58)46-18-21-53(47-14-9-8-13-45(46)47)74-33-31-72-29-30-73-32-34-75-54-37-44(17-19-50(54)67-27-25-66(3)26-28-67)63-55-36-43(22-23-62-55)48-35-41(38-60)16-20-52(48)71-4/h8-9,13-14,16-23,35-37,39-40,42,51,56,61H,5-7,10-12,15,24-34H2,1-4H3,(H,62,63)(H,65,69)/t40-,51-,56-/m0/s1. The first kappa shape index (κ1) is 54.0. The molecule has 17 heteroatoms. The maximum atomic E-state index is 14.4. The predicted molar refractivity (Wildman–Crippen MR) is 299 cm³/mol. The number of anilines is 3. The second-order valence-electron chi connectivity index (χ2n) is 19.8. The number of piperazine rings is 1. The molecule has 3 atom stereocenters. The Hall–Kier alpha value is -6.81. The van der Waals surface area contributed by atoms with Gasteiger partial charge in [-0.3, -0.25) is 9.59 Å². The van der Waals surface area contributed by atoms with Gasteiger partial charge in [-0.05, 0) is 118 Å². The summed E-state index contributed by atoms with van der Waals surface area (Å²) in [5.41, 5.74) is 5.97. The summed E-state index contributed by atoms with van der Waals surface area (Å²) in [6.45, 7) is 8.55. The molecule has 0 spiro atoms. The van der Waals surface area contributed by atoms with Crippen LogP contribution in [0.3, 0.4) is 0 Å². The van der Waals surface area contributed by atoms with Crippen LogP contribution >= 0.6 is 11.3 Å². The number of hydrogen-bond acceptors (Lipinski definition) is 15. The molecule has 400 valence electrons. The van der Waals surface area contributed by atoms with Crippen LogP contribution in [0.15, 0.2) is 96.5 Å². The molecular weight excluding hydrogens is 979 g/mol. The average molecular weight is 1050 g/mol. The van der Waals surface area contributed by atoms with Crippen LogP contribution in [0, 0.1) is 17.2 Å². The normalized spacial score (nSPS) is 17.0. The highest BCUT2D eigenvalue weighted by Crippen LogP contribution is 2.41. The van der Waals surface area contributed by atoms with Crippen molar-refractivity contribution in [1.82, 2.24) is 30.4 Å². The number of benzene rings is 4. The summed E-state index contributed by atoms with van der Waals surface area (Å²) in [5.74, 6) is 2.86. The van der Waals surface area contributed by atoms with Gasteiger partial charge in [-0.15, -0.1) is 11.3 Å². The van der Waals surface area contributed by atoms with Crippen molar-refractivity contribution in [2.45, 2.75) is 70.0 Å². The third-order valence-electron chi connectivity index (χ3n) is 14.8. The van der Waals surface area contributed by atoms with Gasteiger partial charge in [0.1, 0.15) is 47.3 Å². The van der Waals surface area contributed by atoms with Gasteiger partial charge in [0.15, 0.2) is 0 Å². The molecule has 2 saturated heterocycles. The van der Waals surface area contributed by atoms with Gasteiger partial charge < -0.3 is 54.3 Å². The Bertz CT molecular complexity index is 2950. The lowest BCUT2D eigenvalue weighted by Gasteiger charge is -2.35. The summed E-state index contributed by atoms with van der Waals surface area (Å²) in [5, 5.41) is 24.2. The Morgan fingerprint density at radius 3 is 2.28 bits per heavy atom. The minimum atomic E-state index is -0.532. The van der Waals surface area contributed by atoms with Crippen molar-refractivity contribution in [2.24, 2.45) is 5.92 Å². The third-order valence-corrected chi connectivity index (χ3v) is 15.8. The van der Waals surface area contributed by atoms with E-state index in [0.717, 1.165) is 126 Å². The number of nitrogens with zero attached hydrogens (tertiary/aromatic N) is 6. The maximum Gasteiger partial charge on any atom is 0.246 e. The molecule has 3 N–H and O–H groups in total. The van der Waals surface area contributed by atoms with Crippen LogP contribution in [0.1, 0.15) is 68.5 Å². The molecule has 9 rings (SSSR count). The van der Waals surface area contributed by atoms with Crippen LogP contribution in [0.5, 0.6) is 17.2 Å². The molecule has 76 heavy (non-hydrogen) atoms. The topological polar surface area (TPSA) is 176 Å². The van der Waals surface area contributed by atoms with E-state index in [-0.39, 0.29) is 29.8 Å². The van der Waals surface area contributed by atoms with Crippen molar-refractivity contribution < 1.29 is 33.3 Å². The summed E-state index contributed by atoms with van der Waals surface area (Å²) >= 11 is 1.60. The molecule has 3 aliphatic rings. The summed E-state index contributed by atoms with van der Waals surface area (Å²) < 4.78 is 30.2. The fourth-order valence-electron chi connectivity index (χ4n) is 10.5. The monoisotopic (exact) mass is 1050 g/mol. The molecule has 0 unspecified atom stereocenters. The SMILES string of the molecule is CN[C@@H](C)C(=O)N[C@H](C(=O)N1CCC[C@H]1c1nc(-c2ccc(OCCOCCOCCOc3cc(Nc4cc(-c5cc(C#N)ccc5OC)ccn4)ccc3N3CCN(C)CC3)c3ccccc23)cs1)C1CCCCC1. The highest BCUT2D eigenvalue weighted by molar-refractivity contribution is 7.10. The van der Waals surface area contributed by atoms with Crippen molar-refractivity contribution in [3.8, 4) is 45.7 Å². The molecule has 1 saturated carbocycles. The van der Waals surface area contributed by atoms with Crippen LogP contribution in [0.25, 0.3) is 33.2 Å². The van der Waals surface area contributed by atoms with Gasteiger partial charge in [-0.25, -0.2) is 9.97 Å². The lowest BCUT2D eigenvalue weighted by molar-refractivity contribution is -0.139. The zero-order valence-electron chi connectivity index (χ0n) is 44.2. The lowest BCUT2D eigenvalue weighted by atomic mass is 9.83. The molecule has 0 radical (unpaired) electrons. The average Bonchev–Trinajstić information content (AvgIpc) is 4.18. The second kappa shape index (κ2) is 26.3. The molecule has 4 aromatic carbocycles. The van der Waals surface area contributed by atoms with E-state index in [1.54, 1.807) is 43.8 Å². The highest BCUT2D eigenvalue weighted by atomic mass is 32.1. The van der Waals surface area contributed by atoms with Gasteiger partial charge in [0, 0.05) is 72.6 Å². The first-order valence-electron chi connectivity index (χ1n) is 26.8. The number of nitriles is 1. The first-order chi connectivity index (χ1) is 37.2. The van der Waals surface area contributed by atoms with Gasteiger partial charge in [-0.1, -0.05) is 43.5 Å². The van der Waals surface area contributed by atoms with Crippen molar-refractivity contribution in [3.63, 3.8) is 0 Å². The molecule has 2 amide bonds. The van der Waals surface area contributed by atoms with Crippen LogP contribution in [-0.2, 0) is 19.1 Å². The van der Waals surface area contributed by atoms with Crippen LogP contribution in [-0.4, -0.2) is 137 Å². The maximum absolute atomic E-state index is 14.4. The minimum absolute atomic E-state index is 0.0150. The molecular formula is C59H71N9O7S. The van der Waals surface area contributed by atoms with Crippen LogP contribution in [0.4, 0.5) is 17.2 Å². The van der Waals surface area contributed by atoms with Crippen molar-refractivity contribution in [3.05, 3.63) is 107 Å². The van der Waals surface area contributed by atoms with E-state index in [1.165, 1.54) is 6.42 Å². The van der Waals surface area contributed by atoms with Crippen LogP contribution in [0.2, 0.25) is 0 Å². The number of likely N-dealkylation sites (tertiary alicyclic amines) is 1. The van der Waals surface area contributed by atoms with E-state index in [4.69, 9.17) is 28.7 Å². The molecule has 2 aliphatic heterocycles. The summed E-state index contributed by atoms with van der Waals surface area (Å²) in [4.78, 5) is 43.9. The van der Waals surface area contributed by atoms with E-state index in [1.807, 2.05) is 60.4 Å². The second-order valence-corrected chi connectivity index (χ2v) is 20.7. The highest BCUT2D eigenvalue weighted by Gasteiger charge is 2.40. The number of fused-ring (bicyclic) bond motifs is 1. The van der Waals surface area contributed by atoms with Gasteiger partial charge in [0.05, 0.1) is 68.6 Å². The van der Waals surface area contributed by atoms with Crippen molar-refractivity contribution >= 4 is 51.1 Å². The lowest BCUT2D eigenvalue weighted by Crippen LogP contribution is -2.55. The molecule has 0 bridgehead atoms. The number of likely N-dealkylation sites (N-methyl/N-ethyl adjacent to an activating group) is 2. The van der Waals surface area contributed by atoms with E-state index >= 15 is 0 Å². The Kier molecular flexibility index (Phi) is 18.7. The molecule has 3 fully saturated rings. The summed E-state index contributed by atoms with van der Waals surface area (Å²) in [6, 6.07) is 28.8. The summed E-state index contributed by atoms with van der Waals surface area (Å²) in [7, 11) is 5.53. The zero-order valence-corrected chi connectivity index (χ0v) is 45.0. The molecule has 6 aromatic rings. The van der Waals surface area contributed by atoms with E-state index in [0.29, 0.717) is 63.3 Å². The largest absolute Gasteiger partial charge is 0.496 e. The Morgan fingerprint density at radius 1 is 0.789 bits per heavy atom. The third kappa shape index (κ3) is 13.2. The number of nitrogens with one attached hydrogen (secondary N) is 3. The van der Waals surface area contributed by atoms with Crippen LogP contribution < -0.4 is 35.1 Å². The number of rotatable bonds is 23. The van der Waals surface area contributed by atoms with E-state index in [9.17, 15) is 14.9 Å². The number of methoxy groups -OCH3 is 1. The molecule has 2 aromatic heterocycles. The number of aromatic nitrogens is 2. The fraction of sp³-hybridized carbons (Fsp3) is 0.441. The van der Waals surface area contributed by atoms with E-state index in [2.05, 4.69) is 73.5 Å². The number of hydrogen-bond donors (Lipinski definition) is 3. The van der Waals surface area contributed by atoms with E-state index < -0.39 is 6.04 Å². The number of pyridine rings is 1. The molecule has 1 aliphatic carbocycles. The summed E-state index contributed by atoms with van der Waals surface area (Å²) in [6.07, 6.45) is 8.71. The van der Waals surface area contributed by atoms with Crippen molar-refractivity contribution in [1.29, 1.82) is 5.26 Å². The van der Waals surface area contributed by atoms with Gasteiger partial charge in [0.25, 0.3) is 0 Å². The van der Waals surface area contributed by atoms with Gasteiger partial charge in [0.2, 0.25) is 11.8 Å². The smallest absolute Gasteiger partial charge is 0.246 e. The van der Waals surface area contributed by atoms with Gasteiger partial charge in [-0.2, -0.15) is 5.26 Å². The Morgan fingerprint density at radius 2 is 1.53 bits per heavy atom. The zero-order chi connectivity index (χ0) is 52.8. The molecule has 16 nitrogen and oxygen atoms in total. The quantitative estimate of drug-likeness (QED) is 0.0518. The van der Waals surface area contributed by atoms with Crippen molar-refractivity contribution in [2.75, 3.05) is 104 Å². The fourth-order valence-corrected chi connectivity index (χ4v) is 11.5. The Balaban J connectivity index is 0.756. The first-order valence-corrected chi connectivity index (χ1v) is 27.6. The molecule has 4 heterocycles. The number of carbonyl (C=O) groups is 2. The number of ether oxygens (including phenoxy) is 5. The number of thiazole rings is 1. The predicted octanol–water partition coefficient (Wildman–Crippen LogP) is 9.23. The van der Waals surface area contributed by atoms with Gasteiger partial charge >= 0.3 is 0 Å². The number of amides is 2. The number of carbonyl (C=O) groups excluding carboxylic acids is 2.